The molecule has 2 nitrogen and oxygen atoms in total. The highest BCUT2D eigenvalue weighted by molar-refractivity contribution is 4.86. The molecule has 0 unspecified atom stereocenters. The molecule has 2 N–H and O–H groups in total. The van der Waals surface area contributed by atoms with Gasteiger partial charge in [-0.05, 0) is 32.2 Å². The van der Waals surface area contributed by atoms with Crippen molar-refractivity contribution in [3.8, 4) is 0 Å². The first-order valence-electron chi connectivity index (χ1n) is 5.79. The van der Waals surface area contributed by atoms with E-state index in [1.54, 1.807) is 0 Å². The van der Waals surface area contributed by atoms with Crippen LogP contribution in [0.1, 0.15) is 44.9 Å². The Kier molecular flexibility index (Phi) is 3.23. The molecule has 0 aromatic rings. The molecule has 76 valence electrons. The number of aliphatic hydroxyl groups excluding tert-OH is 1. The topological polar surface area (TPSA) is 32.3 Å². The van der Waals surface area contributed by atoms with Crippen LogP contribution in [0.5, 0.6) is 0 Å². The molecule has 1 saturated heterocycles. The van der Waals surface area contributed by atoms with Crippen LogP contribution >= 0.6 is 0 Å². The van der Waals surface area contributed by atoms with E-state index in [0.29, 0.717) is 12.0 Å². The molecule has 0 spiro atoms. The summed E-state index contributed by atoms with van der Waals surface area (Å²) in [6.45, 7) is 1.16. The summed E-state index contributed by atoms with van der Waals surface area (Å²) < 4.78 is 0. The first kappa shape index (κ1) is 9.47. The lowest BCUT2D eigenvalue weighted by molar-refractivity contribution is 0.0422. The van der Waals surface area contributed by atoms with Crippen LogP contribution in [-0.2, 0) is 0 Å². The number of nitrogens with one attached hydrogen (secondary N) is 1. The van der Waals surface area contributed by atoms with E-state index in [2.05, 4.69) is 5.32 Å². The summed E-state index contributed by atoms with van der Waals surface area (Å²) in [7, 11) is 0. The fourth-order valence-corrected chi connectivity index (χ4v) is 2.85. The zero-order valence-electron chi connectivity index (χ0n) is 8.34. The predicted octanol–water partition coefficient (Wildman–Crippen LogP) is 1.68. The maximum atomic E-state index is 9.88. The van der Waals surface area contributed by atoms with Crippen LogP contribution in [0, 0.1) is 5.92 Å². The van der Waals surface area contributed by atoms with Crippen LogP contribution in [0.2, 0.25) is 0 Å². The van der Waals surface area contributed by atoms with Crippen molar-refractivity contribution in [1.82, 2.24) is 5.32 Å². The van der Waals surface area contributed by atoms with Gasteiger partial charge in [0.2, 0.25) is 0 Å². The van der Waals surface area contributed by atoms with Crippen LogP contribution in [0.4, 0.5) is 0 Å². The third kappa shape index (κ3) is 2.23. The Morgan fingerprint density at radius 2 is 1.69 bits per heavy atom. The lowest BCUT2D eigenvalue weighted by atomic mass is 9.79. The van der Waals surface area contributed by atoms with Crippen molar-refractivity contribution in [2.45, 2.75) is 57.1 Å². The first-order chi connectivity index (χ1) is 6.38. The van der Waals surface area contributed by atoms with E-state index in [4.69, 9.17) is 0 Å². The Bertz CT molecular complexity index is 154. The minimum absolute atomic E-state index is 0.0238. The molecule has 0 aromatic heterocycles. The lowest BCUT2D eigenvalue weighted by Gasteiger charge is -2.37. The van der Waals surface area contributed by atoms with Crippen molar-refractivity contribution in [2.24, 2.45) is 5.92 Å². The number of piperidine rings is 1. The standard InChI is InChI=1S/C11H21NO/c13-11-7-2-1-5-9(11)10-6-3-4-8-12-10/h9-13H,1-8H2/t9-,10-,11+/m0/s1. The van der Waals surface area contributed by atoms with Crippen molar-refractivity contribution >= 4 is 0 Å². The van der Waals surface area contributed by atoms with Gasteiger partial charge < -0.3 is 10.4 Å². The quantitative estimate of drug-likeness (QED) is 0.648. The number of aliphatic hydroxyl groups is 1. The van der Waals surface area contributed by atoms with Gasteiger partial charge in [-0.3, -0.25) is 0 Å². The van der Waals surface area contributed by atoms with E-state index >= 15 is 0 Å². The summed E-state index contributed by atoms with van der Waals surface area (Å²) in [5.41, 5.74) is 0. The van der Waals surface area contributed by atoms with Gasteiger partial charge in [0.05, 0.1) is 6.10 Å². The highest BCUT2D eigenvalue weighted by Gasteiger charge is 2.30. The van der Waals surface area contributed by atoms with E-state index in [1.807, 2.05) is 0 Å². The summed E-state index contributed by atoms with van der Waals surface area (Å²) in [6.07, 6.45) is 8.73. The molecule has 3 atom stereocenters. The van der Waals surface area contributed by atoms with E-state index in [0.717, 1.165) is 13.0 Å². The Labute approximate surface area is 80.7 Å². The van der Waals surface area contributed by atoms with Crippen molar-refractivity contribution < 1.29 is 5.11 Å². The molecule has 0 radical (unpaired) electrons. The average molecular weight is 183 g/mol. The van der Waals surface area contributed by atoms with Gasteiger partial charge in [-0.2, -0.15) is 0 Å². The van der Waals surface area contributed by atoms with Gasteiger partial charge >= 0.3 is 0 Å². The molecule has 0 amide bonds. The molecular formula is C11H21NO. The fourth-order valence-electron chi connectivity index (χ4n) is 2.85. The van der Waals surface area contributed by atoms with Crippen LogP contribution in [0.25, 0.3) is 0 Å². The highest BCUT2D eigenvalue weighted by Crippen LogP contribution is 2.30. The Hall–Kier alpha value is -0.0800. The second-order valence-corrected chi connectivity index (χ2v) is 4.57. The molecule has 2 rings (SSSR count). The van der Waals surface area contributed by atoms with Crippen molar-refractivity contribution in [2.75, 3.05) is 6.54 Å². The maximum absolute atomic E-state index is 9.88. The van der Waals surface area contributed by atoms with Gasteiger partial charge in [0, 0.05) is 12.0 Å². The van der Waals surface area contributed by atoms with Gasteiger partial charge in [-0.15, -0.1) is 0 Å². The zero-order valence-corrected chi connectivity index (χ0v) is 8.34. The minimum Gasteiger partial charge on any atom is -0.393 e. The third-order valence-corrected chi connectivity index (χ3v) is 3.65. The molecule has 1 aliphatic heterocycles. The summed E-state index contributed by atoms with van der Waals surface area (Å²) in [5.74, 6) is 0.550. The molecular weight excluding hydrogens is 162 g/mol. The first-order valence-corrected chi connectivity index (χ1v) is 5.79. The van der Waals surface area contributed by atoms with Crippen molar-refractivity contribution in [3.05, 3.63) is 0 Å². The summed E-state index contributed by atoms with van der Waals surface area (Å²) in [6, 6.07) is 0.615. The smallest absolute Gasteiger partial charge is 0.0583 e. The molecule has 2 fully saturated rings. The van der Waals surface area contributed by atoms with E-state index in [1.165, 1.54) is 38.5 Å². The van der Waals surface area contributed by atoms with Crippen LogP contribution in [0.3, 0.4) is 0 Å². The summed E-state index contributed by atoms with van der Waals surface area (Å²) in [4.78, 5) is 0. The van der Waals surface area contributed by atoms with Crippen molar-refractivity contribution in [3.63, 3.8) is 0 Å². The molecule has 1 heterocycles. The fraction of sp³-hybridized carbons (Fsp3) is 1.00. The highest BCUT2D eigenvalue weighted by atomic mass is 16.3. The Balaban J connectivity index is 1.88. The van der Waals surface area contributed by atoms with E-state index in [-0.39, 0.29) is 6.10 Å². The Morgan fingerprint density at radius 1 is 0.923 bits per heavy atom. The SMILES string of the molecule is O[C@@H]1CCCC[C@H]1[C@@H]1CCCCN1. The molecule has 1 aliphatic carbocycles. The summed E-state index contributed by atoms with van der Waals surface area (Å²) >= 11 is 0. The largest absolute Gasteiger partial charge is 0.393 e. The third-order valence-electron chi connectivity index (χ3n) is 3.65. The predicted molar refractivity (Wildman–Crippen MR) is 53.6 cm³/mol. The lowest BCUT2D eigenvalue weighted by Crippen LogP contribution is -2.45. The molecule has 1 saturated carbocycles. The van der Waals surface area contributed by atoms with Crippen LogP contribution < -0.4 is 5.32 Å². The number of hydrogen-bond donors (Lipinski definition) is 2. The van der Waals surface area contributed by atoms with Crippen LogP contribution in [-0.4, -0.2) is 23.8 Å². The second-order valence-electron chi connectivity index (χ2n) is 4.57. The molecule has 2 aliphatic rings. The molecule has 0 aromatic carbocycles. The minimum atomic E-state index is -0.0238. The molecule has 13 heavy (non-hydrogen) atoms. The molecule has 0 bridgehead atoms. The monoisotopic (exact) mass is 183 g/mol. The normalized spacial score (nSPS) is 41.8. The van der Waals surface area contributed by atoms with Gasteiger partial charge in [0.15, 0.2) is 0 Å². The van der Waals surface area contributed by atoms with E-state index < -0.39 is 0 Å². The second kappa shape index (κ2) is 4.43. The Morgan fingerprint density at radius 3 is 2.38 bits per heavy atom. The average Bonchev–Trinajstić information content (AvgIpc) is 2.20. The molecule has 2 heteroatoms. The van der Waals surface area contributed by atoms with E-state index in [9.17, 15) is 5.11 Å². The number of rotatable bonds is 1. The zero-order chi connectivity index (χ0) is 9.10. The van der Waals surface area contributed by atoms with Crippen molar-refractivity contribution in [1.29, 1.82) is 0 Å². The summed E-state index contributed by atoms with van der Waals surface area (Å²) in [5, 5.41) is 13.4. The van der Waals surface area contributed by atoms with Gasteiger partial charge in [-0.1, -0.05) is 19.3 Å². The van der Waals surface area contributed by atoms with Gasteiger partial charge in [0.25, 0.3) is 0 Å². The van der Waals surface area contributed by atoms with Gasteiger partial charge in [-0.25, -0.2) is 0 Å². The maximum Gasteiger partial charge on any atom is 0.0583 e. The van der Waals surface area contributed by atoms with Gasteiger partial charge in [0.1, 0.15) is 0 Å². The number of hydrogen-bond acceptors (Lipinski definition) is 2. The van der Waals surface area contributed by atoms with Crippen LogP contribution in [0.15, 0.2) is 0 Å².